The molecule has 0 aromatic carbocycles. The van der Waals surface area contributed by atoms with Crippen LogP contribution in [0.5, 0.6) is 0 Å². The Balaban J connectivity index is 3.98. The lowest BCUT2D eigenvalue weighted by atomic mass is 10.0. The highest BCUT2D eigenvalue weighted by molar-refractivity contribution is 4.83. The molecule has 0 aliphatic rings. The minimum absolute atomic E-state index is 0.132. The van der Waals surface area contributed by atoms with Crippen LogP contribution >= 0.6 is 0 Å². The Bertz CT molecular complexity index is 192. The maximum Gasteiger partial charge on any atom is 0.231 e. The molecule has 0 aromatic rings. The smallest absolute Gasteiger partial charge is 0.231 e. The van der Waals surface area contributed by atoms with E-state index >= 15 is 0 Å². The van der Waals surface area contributed by atoms with Crippen LogP contribution in [0.4, 0.5) is 26.3 Å². The number of rotatable bonds is 9. The molecule has 0 rings (SSSR count). The summed E-state index contributed by atoms with van der Waals surface area (Å²) in [4.78, 5) is 0. The van der Waals surface area contributed by atoms with Crippen LogP contribution in [0.15, 0.2) is 0 Å². The molecule has 0 bridgehead atoms. The summed E-state index contributed by atoms with van der Waals surface area (Å²) in [5.41, 5.74) is 0. The van der Waals surface area contributed by atoms with Crippen LogP contribution in [-0.2, 0) is 0 Å². The molecule has 0 amide bonds. The highest BCUT2D eigenvalue weighted by Crippen LogP contribution is 2.23. The fourth-order valence-corrected chi connectivity index (χ4v) is 1.30. The fraction of sp³-hybridized carbons (Fsp3) is 1.00. The second kappa shape index (κ2) is 8.60. The van der Waals surface area contributed by atoms with Crippen molar-refractivity contribution < 1.29 is 31.4 Å². The lowest BCUT2D eigenvalue weighted by Crippen LogP contribution is -2.39. The first-order valence-electron chi connectivity index (χ1n) is 5.36. The molecule has 0 aromatic heterocycles. The first kappa shape index (κ1) is 16.5. The van der Waals surface area contributed by atoms with Crippen molar-refractivity contribution >= 4 is 0 Å². The number of unbranched alkanes of at least 4 members (excludes halogenated alkanes) is 2. The molecular formula is C10H16F6O. The number of halogens is 6. The lowest BCUT2D eigenvalue weighted by Gasteiger charge is -2.20. The highest BCUT2D eigenvalue weighted by Gasteiger charge is 2.39. The summed E-state index contributed by atoms with van der Waals surface area (Å²) in [6.45, 7) is -0.581. The first-order valence-corrected chi connectivity index (χ1v) is 5.36. The Morgan fingerprint density at radius 3 is 1.82 bits per heavy atom. The van der Waals surface area contributed by atoms with Gasteiger partial charge >= 0.3 is 0 Å². The van der Waals surface area contributed by atoms with Gasteiger partial charge in [-0.1, -0.05) is 12.8 Å². The van der Waals surface area contributed by atoms with E-state index in [1.165, 1.54) is 0 Å². The zero-order valence-corrected chi connectivity index (χ0v) is 9.14. The Morgan fingerprint density at radius 1 is 0.765 bits per heavy atom. The van der Waals surface area contributed by atoms with Gasteiger partial charge in [0.2, 0.25) is 6.36 Å². The number of aliphatic hydroxyl groups excluding tert-OH is 1. The van der Waals surface area contributed by atoms with Crippen LogP contribution in [0.25, 0.3) is 0 Å². The van der Waals surface area contributed by atoms with Crippen molar-refractivity contribution in [2.75, 3.05) is 6.67 Å². The van der Waals surface area contributed by atoms with E-state index in [1.807, 2.05) is 0 Å². The number of alkyl halides is 6. The van der Waals surface area contributed by atoms with Gasteiger partial charge in [0.25, 0.3) is 0 Å². The standard InChI is InChI=1S/C10H16F6O/c11-5-3-1-2-4-6(12)7(13)8(14)9(15)10(16)17/h6-10,17H,1-5H2. The average molecular weight is 266 g/mol. The maximum absolute atomic E-state index is 13.0. The highest BCUT2D eigenvalue weighted by atomic mass is 19.2. The van der Waals surface area contributed by atoms with Crippen molar-refractivity contribution in [3.63, 3.8) is 0 Å². The summed E-state index contributed by atoms with van der Waals surface area (Å²) in [5.74, 6) is 0. The minimum atomic E-state index is -3.18. The lowest BCUT2D eigenvalue weighted by molar-refractivity contribution is -0.0818. The van der Waals surface area contributed by atoms with Crippen LogP contribution in [-0.4, -0.2) is 42.8 Å². The van der Waals surface area contributed by atoms with E-state index in [0.717, 1.165) is 0 Å². The van der Waals surface area contributed by atoms with Crippen molar-refractivity contribution in [2.24, 2.45) is 0 Å². The molecule has 0 fully saturated rings. The third-order valence-electron chi connectivity index (χ3n) is 2.33. The van der Waals surface area contributed by atoms with Gasteiger partial charge in [-0.2, -0.15) is 0 Å². The summed E-state index contributed by atoms with van der Waals surface area (Å²) in [7, 11) is 0. The van der Waals surface area contributed by atoms with Gasteiger partial charge in [-0.25, -0.2) is 22.0 Å². The van der Waals surface area contributed by atoms with Gasteiger partial charge in [0.15, 0.2) is 18.5 Å². The second-order valence-electron chi connectivity index (χ2n) is 3.76. The molecule has 0 radical (unpaired) electrons. The molecule has 1 nitrogen and oxygen atoms in total. The molecular weight excluding hydrogens is 250 g/mol. The molecule has 5 atom stereocenters. The van der Waals surface area contributed by atoms with E-state index in [1.54, 1.807) is 0 Å². The predicted octanol–water partition coefficient (Wildman–Crippen LogP) is 3.16. The zero-order chi connectivity index (χ0) is 13.4. The Morgan fingerprint density at radius 2 is 1.35 bits per heavy atom. The van der Waals surface area contributed by atoms with E-state index in [-0.39, 0.29) is 12.8 Å². The number of hydrogen-bond donors (Lipinski definition) is 1. The topological polar surface area (TPSA) is 20.2 Å². The van der Waals surface area contributed by atoms with Crippen molar-refractivity contribution in [3.05, 3.63) is 0 Å². The van der Waals surface area contributed by atoms with E-state index in [4.69, 9.17) is 5.11 Å². The minimum Gasteiger partial charge on any atom is -0.362 e. The molecule has 0 spiro atoms. The SMILES string of the molecule is OC(F)C(F)C(F)C(F)C(F)CCCCCF. The summed E-state index contributed by atoms with van der Waals surface area (Å²) in [6.07, 6.45) is -14.2. The molecule has 0 heterocycles. The van der Waals surface area contributed by atoms with Gasteiger partial charge < -0.3 is 5.11 Å². The summed E-state index contributed by atoms with van der Waals surface area (Å²) < 4.78 is 74.9. The van der Waals surface area contributed by atoms with Crippen molar-refractivity contribution in [2.45, 2.75) is 56.7 Å². The molecule has 104 valence electrons. The van der Waals surface area contributed by atoms with Crippen molar-refractivity contribution in [1.29, 1.82) is 0 Å². The average Bonchev–Trinajstić information content (AvgIpc) is 2.31. The molecule has 0 saturated carbocycles. The Kier molecular flexibility index (Phi) is 8.37. The van der Waals surface area contributed by atoms with Gasteiger partial charge in [0.1, 0.15) is 6.17 Å². The van der Waals surface area contributed by atoms with Gasteiger partial charge in [-0.15, -0.1) is 0 Å². The Labute approximate surface area is 95.8 Å². The van der Waals surface area contributed by atoms with Crippen molar-refractivity contribution in [3.8, 4) is 0 Å². The van der Waals surface area contributed by atoms with E-state index in [0.29, 0.717) is 6.42 Å². The van der Waals surface area contributed by atoms with Crippen LogP contribution in [0.3, 0.4) is 0 Å². The van der Waals surface area contributed by atoms with E-state index < -0.39 is 44.1 Å². The first-order chi connectivity index (χ1) is 7.91. The molecule has 0 aliphatic carbocycles. The molecule has 0 aliphatic heterocycles. The van der Waals surface area contributed by atoms with Gasteiger partial charge in [-0.05, 0) is 12.8 Å². The second-order valence-corrected chi connectivity index (χ2v) is 3.76. The monoisotopic (exact) mass is 266 g/mol. The van der Waals surface area contributed by atoms with E-state index in [2.05, 4.69) is 0 Å². The van der Waals surface area contributed by atoms with Crippen molar-refractivity contribution in [1.82, 2.24) is 0 Å². The molecule has 7 heteroatoms. The zero-order valence-electron chi connectivity index (χ0n) is 9.14. The molecule has 1 N–H and O–H groups in total. The summed E-state index contributed by atoms with van der Waals surface area (Å²) in [6, 6.07) is 0. The third-order valence-corrected chi connectivity index (χ3v) is 2.33. The summed E-state index contributed by atoms with van der Waals surface area (Å²) in [5, 5.41) is 8.06. The summed E-state index contributed by atoms with van der Waals surface area (Å²) >= 11 is 0. The van der Waals surface area contributed by atoms with Gasteiger partial charge in [-0.3, -0.25) is 4.39 Å². The van der Waals surface area contributed by atoms with Crippen LogP contribution in [0.2, 0.25) is 0 Å². The number of hydrogen-bond acceptors (Lipinski definition) is 1. The number of aliphatic hydroxyl groups is 1. The Hall–Kier alpha value is -0.460. The van der Waals surface area contributed by atoms with Crippen LogP contribution in [0.1, 0.15) is 25.7 Å². The normalized spacial score (nSPS) is 20.6. The van der Waals surface area contributed by atoms with E-state index in [9.17, 15) is 26.3 Å². The fourth-order valence-electron chi connectivity index (χ4n) is 1.30. The maximum atomic E-state index is 13.0. The predicted molar refractivity (Wildman–Crippen MR) is 51.1 cm³/mol. The molecule has 17 heavy (non-hydrogen) atoms. The molecule has 0 saturated heterocycles. The third kappa shape index (κ3) is 6.14. The quantitative estimate of drug-likeness (QED) is 0.502. The van der Waals surface area contributed by atoms with Crippen LogP contribution < -0.4 is 0 Å². The van der Waals surface area contributed by atoms with Crippen LogP contribution in [0, 0.1) is 0 Å². The van der Waals surface area contributed by atoms with Gasteiger partial charge in [0, 0.05) is 0 Å². The largest absolute Gasteiger partial charge is 0.362 e. The van der Waals surface area contributed by atoms with Gasteiger partial charge in [0.05, 0.1) is 6.67 Å². The molecule has 5 unspecified atom stereocenters.